The van der Waals surface area contributed by atoms with Crippen LogP contribution < -0.4 is 11.1 Å². The summed E-state index contributed by atoms with van der Waals surface area (Å²) in [6.45, 7) is 0. The average molecular weight is 321 g/mol. The molecule has 0 spiro atoms. The highest BCUT2D eigenvalue weighted by Gasteiger charge is 2.21. The summed E-state index contributed by atoms with van der Waals surface area (Å²) in [6.07, 6.45) is 0. The van der Waals surface area contributed by atoms with Crippen molar-refractivity contribution in [1.29, 1.82) is 0 Å². The van der Waals surface area contributed by atoms with Gasteiger partial charge in [-0.05, 0) is 30.3 Å². The summed E-state index contributed by atoms with van der Waals surface area (Å²) >= 11 is 7.42. The number of nitrogen functional groups attached to an aromatic ring is 1. The van der Waals surface area contributed by atoms with E-state index in [1.807, 2.05) is 0 Å². The van der Waals surface area contributed by atoms with E-state index < -0.39 is 4.92 Å². The Labute approximate surface area is 128 Å². The number of aromatic nitrogens is 1. The van der Waals surface area contributed by atoms with Crippen LogP contribution >= 0.6 is 22.9 Å². The molecule has 3 N–H and O–H groups in total. The normalized spacial score (nSPS) is 10.7. The summed E-state index contributed by atoms with van der Waals surface area (Å²) in [6, 6.07) is 8.33. The predicted octanol–water partition coefficient (Wildman–Crippen LogP) is 4.18. The summed E-state index contributed by atoms with van der Waals surface area (Å²) in [7, 11) is 0. The molecule has 0 aliphatic carbocycles. The van der Waals surface area contributed by atoms with Crippen molar-refractivity contribution in [2.75, 3.05) is 11.1 Å². The maximum absolute atomic E-state index is 11.3. The molecule has 2 aromatic carbocycles. The second-order valence-corrected chi connectivity index (χ2v) is 5.58. The third-order valence-corrected chi connectivity index (χ3v) is 4.04. The molecule has 21 heavy (non-hydrogen) atoms. The topological polar surface area (TPSA) is 94.1 Å². The third-order valence-electron chi connectivity index (χ3n) is 2.92. The van der Waals surface area contributed by atoms with Crippen molar-refractivity contribution in [1.82, 2.24) is 4.98 Å². The Morgan fingerprint density at radius 3 is 2.86 bits per heavy atom. The summed E-state index contributed by atoms with van der Waals surface area (Å²) in [5.74, 6) is 0. The maximum Gasteiger partial charge on any atom is 0.319 e. The molecule has 1 aromatic heterocycles. The first-order chi connectivity index (χ1) is 10.1. The summed E-state index contributed by atoms with van der Waals surface area (Å²) < 4.78 is 0.755. The van der Waals surface area contributed by atoms with Crippen LogP contribution in [0.15, 0.2) is 35.8 Å². The van der Waals surface area contributed by atoms with Crippen LogP contribution in [0, 0.1) is 10.1 Å². The quantitative estimate of drug-likeness (QED) is 0.429. The molecule has 0 aliphatic rings. The minimum absolute atomic E-state index is 0.0766. The van der Waals surface area contributed by atoms with E-state index in [0.29, 0.717) is 27.6 Å². The number of halogens is 1. The Balaban J connectivity index is 2.14. The van der Waals surface area contributed by atoms with E-state index in [1.165, 1.54) is 11.3 Å². The van der Waals surface area contributed by atoms with Crippen molar-refractivity contribution < 1.29 is 4.92 Å². The zero-order valence-corrected chi connectivity index (χ0v) is 12.1. The lowest BCUT2D eigenvalue weighted by Crippen LogP contribution is -1.99. The summed E-state index contributed by atoms with van der Waals surface area (Å²) in [5.41, 5.74) is 8.91. The van der Waals surface area contributed by atoms with E-state index in [2.05, 4.69) is 10.3 Å². The summed E-state index contributed by atoms with van der Waals surface area (Å²) in [5, 5.41) is 14.7. The highest BCUT2D eigenvalue weighted by molar-refractivity contribution is 7.16. The Morgan fingerprint density at radius 2 is 2.10 bits per heavy atom. The van der Waals surface area contributed by atoms with E-state index in [0.717, 1.165) is 4.70 Å². The highest BCUT2D eigenvalue weighted by Crippen LogP contribution is 2.37. The van der Waals surface area contributed by atoms with Crippen LogP contribution in [0.5, 0.6) is 0 Å². The number of nitrogens with one attached hydrogen (secondary N) is 1. The number of fused-ring (bicyclic) bond motifs is 1. The van der Waals surface area contributed by atoms with Gasteiger partial charge < -0.3 is 11.1 Å². The van der Waals surface area contributed by atoms with E-state index in [1.54, 1.807) is 35.8 Å². The zero-order valence-electron chi connectivity index (χ0n) is 10.5. The number of nitrogens with zero attached hydrogens (tertiary/aromatic N) is 2. The number of rotatable bonds is 3. The average Bonchev–Trinajstić information content (AvgIpc) is 2.90. The Hall–Kier alpha value is -2.38. The zero-order chi connectivity index (χ0) is 15.0. The van der Waals surface area contributed by atoms with Crippen LogP contribution in [-0.4, -0.2) is 9.91 Å². The van der Waals surface area contributed by atoms with Gasteiger partial charge in [-0.15, -0.1) is 11.3 Å². The lowest BCUT2D eigenvalue weighted by molar-refractivity contribution is -0.382. The van der Waals surface area contributed by atoms with Crippen LogP contribution in [0.3, 0.4) is 0 Å². The van der Waals surface area contributed by atoms with Crippen LogP contribution in [0.4, 0.5) is 22.7 Å². The lowest BCUT2D eigenvalue weighted by Gasteiger charge is -2.09. The van der Waals surface area contributed by atoms with Gasteiger partial charge in [0.2, 0.25) is 0 Å². The van der Waals surface area contributed by atoms with Crippen molar-refractivity contribution in [3.63, 3.8) is 0 Å². The molecule has 0 unspecified atom stereocenters. The predicted molar refractivity (Wildman–Crippen MR) is 85.4 cm³/mol. The second-order valence-electron chi connectivity index (χ2n) is 4.28. The summed E-state index contributed by atoms with van der Waals surface area (Å²) in [4.78, 5) is 15.0. The Kier molecular flexibility index (Phi) is 3.36. The lowest BCUT2D eigenvalue weighted by atomic mass is 10.2. The van der Waals surface area contributed by atoms with E-state index in [4.69, 9.17) is 17.3 Å². The van der Waals surface area contributed by atoms with Crippen molar-refractivity contribution in [3.8, 4) is 0 Å². The molecular formula is C13H9ClN4O2S. The molecule has 0 saturated heterocycles. The van der Waals surface area contributed by atoms with Gasteiger partial charge in [-0.25, -0.2) is 4.98 Å². The largest absolute Gasteiger partial charge is 0.399 e. The molecule has 106 valence electrons. The van der Waals surface area contributed by atoms with Gasteiger partial charge in [0.15, 0.2) is 5.52 Å². The van der Waals surface area contributed by atoms with Crippen LogP contribution in [0.1, 0.15) is 0 Å². The number of nitro groups is 1. The van der Waals surface area contributed by atoms with Gasteiger partial charge in [0, 0.05) is 5.69 Å². The van der Waals surface area contributed by atoms with Gasteiger partial charge in [-0.1, -0.05) is 11.6 Å². The van der Waals surface area contributed by atoms with Crippen molar-refractivity contribution in [2.45, 2.75) is 0 Å². The van der Waals surface area contributed by atoms with Crippen LogP contribution in [0.25, 0.3) is 10.2 Å². The smallest absolute Gasteiger partial charge is 0.319 e. The van der Waals surface area contributed by atoms with E-state index in [9.17, 15) is 10.1 Å². The number of anilines is 3. The molecule has 0 aliphatic heterocycles. The number of hydrogen-bond donors (Lipinski definition) is 2. The highest BCUT2D eigenvalue weighted by atomic mass is 35.5. The maximum atomic E-state index is 11.3. The molecule has 0 radical (unpaired) electrons. The van der Waals surface area contributed by atoms with Gasteiger partial charge in [0.05, 0.1) is 25.8 Å². The van der Waals surface area contributed by atoms with Gasteiger partial charge in [-0.3, -0.25) is 10.1 Å². The van der Waals surface area contributed by atoms with Gasteiger partial charge in [0.25, 0.3) is 0 Å². The van der Waals surface area contributed by atoms with Crippen molar-refractivity contribution >= 4 is 55.9 Å². The molecule has 0 saturated carbocycles. The fraction of sp³-hybridized carbons (Fsp3) is 0. The van der Waals surface area contributed by atoms with E-state index >= 15 is 0 Å². The molecule has 0 atom stereocenters. The SMILES string of the molecule is Nc1ccc(Cl)c(Nc2ccc3scnc3c2[N+](=O)[O-])c1. The first kappa shape index (κ1) is 13.6. The fourth-order valence-corrected chi connectivity index (χ4v) is 2.83. The third kappa shape index (κ3) is 2.48. The molecule has 0 bridgehead atoms. The Bertz CT molecular complexity index is 849. The van der Waals surface area contributed by atoms with E-state index in [-0.39, 0.29) is 5.69 Å². The number of nitro benzene ring substituents is 1. The van der Waals surface area contributed by atoms with Crippen LogP contribution in [0.2, 0.25) is 5.02 Å². The van der Waals surface area contributed by atoms with Gasteiger partial charge in [-0.2, -0.15) is 0 Å². The number of hydrogen-bond acceptors (Lipinski definition) is 6. The standard InChI is InChI=1S/C13H9ClN4O2S/c14-8-2-1-7(15)5-10(8)17-9-3-4-11-12(16-6-21-11)13(9)18(19)20/h1-6,17H,15H2. The Morgan fingerprint density at radius 1 is 1.29 bits per heavy atom. The molecule has 6 nitrogen and oxygen atoms in total. The number of thiazole rings is 1. The van der Waals surface area contributed by atoms with Crippen molar-refractivity contribution in [3.05, 3.63) is 51.0 Å². The fourth-order valence-electron chi connectivity index (χ4n) is 1.99. The van der Waals surface area contributed by atoms with Gasteiger partial charge >= 0.3 is 5.69 Å². The first-order valence-electron chi connectivity index (χ1n) is 5.89. The molecule has 1 heterocycles. The second kappa shape index (κ2) is 5.19. The monoisotopic (exact) mass is 320 g/mol. The van der Waals surface area contributed by atoms with Crippen LogP contribution in [-0.2, 0) is 0 Å². The molecule has 8 heteroatoms. The minimum atomic E-state index is -0.454. The van der Waals surface area contributed by atoms with Crippen molar-refractivity contribution in [2.24, 2.45) is 0 Å². The number of benzene rings is 2. The molecule has 3 aromatic rings. The van der Waals surface area contributed by atoms with Gasteiger partial charge in [0.1, 0.15) is 5.69 Å². The molecular weight excluding hydrogens is 312 g/mol. The number of nitrogens with two attached hydrogens (primary N) is 1. The molecule has 0 amide bonds. The molecule has 0 fully saturated rings. The minimum Gasteiger partial charge on any atom is -0.399 e. The first-order valence-corrected chi connectivity index (χ1v) is 7.14. The molecule has 3 rings (SSSR count).